The van der Waals surface area contributed by atoms with Crippen LogP contribution in [0.15, 0.2) is 24.3 Å². The van der Waals surface area contributed by atoms with Crippen LogP contribution in [0, 0.1) is 5.92 Å². The molecule has 3 atom stereocenters. The third kappa shape index (κ3) is 4.50. The molecule has 8 heteroatoms. The smallest absolute Gasteiger partial charge is 0.308 e. The molecular formula is C18H23Cl2N3O3. The van der Waals surface area contributed by atoms with Crippen LogP contribution in [0.3, 0.4) is 0 Å². The van der Waals surface area contributed by atoms with Crippen molar-refractivity contribution >= 4 is 46.8 Å². The summed E-state index contributed by atoms with van der Waals surface area (Å²) in [5.41, 5.74) is 7.50. The Bertz CT molecular complexity index is 793. The predicted octanol–water partition coefficient (Wildman–Crippen LogP) is 3.03. The lowest BCUT2D eigenvalue weighted by molar-refractivity contribution is -0.149. The molecule has 1 aliphatic rings. The Morgan fingerprint density at radius 2 is 2.12 bits per heavy atom. The average Bonchev–Trinajstić information content (AvgIpc) is 3.00. The number of esters is 1. The van der Waals surface area contributed by atoms with Gasteiger partial charge in [0.2, 0.25) is 0 Å². The van der Waals surface area contributed by atoms with E-state index in [1.165, 1.54) is 0 Å². The Hall–Kier alpha value is -1.76. The van der Waals surface area contributed by atoms with Gasteiger partial charge in [0.25, 0.3) is 5.91 Å². The molecule has 4 N–H and O–H groups in total. The van der Waals surface area contributed by atoms with Crippen molar-refractivity contribution in [3.05, 3.63) is 35.0 Å². The molecule has 0 aliphatic heterocycles. The SMILES string of the molecule is CCOC(=O)[C@H]1CC[C@H](NC(=O)c2cc3cc(Cl)ccc3[nH]2)C(N)C1.Cl. The third-order valence-electron chi connectivity index (χ3n) is 4.66. The van der Waals surface area contributed by atoms with E-state index in [2.05, 4.69) is 10.3 Å². The third-order valence-corrected chi connectivity index (χ3v) is 4.90. The van der Waals surface area contributed by atoms with Gasteiger partial charge in [0.05, 0.1) is 12.5 Å². The summed E-state index contributed by atoms with van der Waals surface area (Å²) in [5.74, 6) is -0.587. The van der Waals surface area contributed by atoms with Gasteiger partial charge in [0.15, 0.2) is 0 Å². The number of carbonyl (C=O) groups excluding carboxylic acids is 2. The van der Waals surface area contributed by atoms with Crippen LogP contribution in [-0.2, 0) is 9.53 Å². The van der Waals surface area contributed by atoms with Gasteiger partial charge in [0, 0.05) is 28.0 Å². The van der Waals surface area contributed by atoms with Crippen molar-refractivity contribution in [1.29, 1.82) is 0 Å². The number of amides is 1. The van der Waals surface area contributed by atoms with Crippen LogP contribution < -0.4 is 11.1 Å². The molecule has 1 amide bonds. The standard InChI is InChI=1S/C18H22ClN3O3.ClH/c1-2-25-18(24)10-3-5-15(13(20)8-10)22-17(23)16-9-11-7-12(19)4-6-14(11)21-16;/h4,6-7,9-10,13,15,21H,2-3,5,8,20H2,1H3,(H,22,23);1H/t10-,13?,15-;/m0./s1. The highest BCUT2D eigenvalue weighted by molar-refractivity contribution is 6.31. The number of fused-ring (bicyclic) bond motifs is 1. The predicted molar refractivity (Wildman–Crippen MR) is 104 cm³/mol. The first-order chi connectivity index (χ1) is 12.0. The van der Waals surface area contributed by atoms with E-state index in [4.69, 9.17) is 22.1 Å². The fourth-order valence-corrected chi connectivity index (χ4v) is 3.51. The van der Waals surface area contributed by atoms with Gasteiger partial charge in [-0.05, 0) is 50.5 Å². The van der Waals surface area contributed by atoms with Gasteiger partial charge >= 0.3 is 5.97 Å². The maximum Gasteiger partial charge on any atom is 0.308 e. The number of rotatable bonds is 4. The van der Waals surface area contributed by atoms with Crippen molar-refractivity contribution in [2.45, 2.75) is 38.3 Å². The molecule has 26 heavy (non-hydrogen) atoms. The monoisotopic (exact) mass is 399 g/mol. The Morgan fingerprint density at radius 1 is 1.35 bits per heavy atom. The number of carbonyl (C=O) groups is 2. The van der Waals surface area contributed by atoms with Gasteiger partial charge in [-0.1, -0.05) is 11.6 Å². The lowest BCUT2D eigenvalue weighted by Crippen LogP contribution is -2.52. The van der Waals surface area contributed by atoms with Crippen LogP contribution >= 0.6 is 24.0 Å². The second-order valence-electron chi connectivity index (χ2n) is 6.42. The van der Waals surface area contributed by atoms with Crippen LogP contribution in [0.25, 0.3) is 10.9 Å². The van der Waals surface area contributed by atoms with E-state index in [1.54, 1.807) is 25.1 Å². The molecule has 0 spiro atoms. The molecule has 1 saturated carbocycles. The fourth-order valence-electron chi connectivity index (χ4n) is 3.33. The number of H-pyrrole nitrogens is 1. The number of aromatic amines is 1. The van der Waals surface area contributed by atoms with Gasteiger partial charge in [-0.2, -0.15) is 0 Å². The highest BCUT2D eigenvalue weighted by Gasteiger charge is 2.33. The summed E-state index contributed by atoms with van der Waals surface area (Å²) in [6.45, 7) is 2.16. The van der Waals surface area contributed by atoms with E-state index in [-0.39, 0.29) is 42.3 Å². The molecule has 1 aromatic heterocycles. The Morgan fingerprint density at radius 3 is 2.81 bits per heavy atom. The molecule has 0 bridgehead atoms. The number of benzene rings is 1. The second-order valence-corrected chi connectivity index (χ2v) is 6.86. The number of halogens is 2. The summed E-state index contributed by atoms with van der Waals surface area (Å²) in [5, 5.41) is 4.48. The molecule has 1 fully saturated rings. The molecule has 142 valence electrons. The molecule has 1 aliphatic carbocycles. The van der Waals surface area contributed by atoms with Gasteiger partial charge in [0.1, 0.15) is 5.69 Å². The molecule has 0 saturated heterocycles. The van der Waals surface area contributed by atoms with E-state index >= 15 is 0 Å². The molecule has 1 heterocycles. The summed E-state index contributed by atoms with van der Waals surface area (Å²) in [4.78, 5) is 27.4. The summed E-state index contributed by atoms with van der Waals surface area (Å²) in [7, 11) is 0. The molecule has 3 rings (SSSR count). The first kappa shape index (κ1) is 20.6. The lowest BCUT2D eigenvalue weighted by Gasteiger charge is -2.33. The number of hydrogen-bond acceptors (Lipinski definition) is 4. The minimum absolute atomic E-state index is 0. The van der Waals surface area contributed by atoms with Crippen LogP contribution in [0.5, 0.6) is 0 Å². The summed E-state index contributed by atoms with van der Waals surface area (Å²) in [6.07, 6.45) is 1.84. The zero-order valence-corrected chi connectivity index (χ0v) is 16.0. The zero-order valence-electron chi connectivity index (χ0n) is 14.5. The Kier molecular flexibility index (Phi) is 6.92. The van der Waals surface area contributed by atoms with Crippen LogP contribution in [0.1, 0.15) is 36.7 Å². The largest absolute Gasteiger partial charge is 0.466 e. The minimum atomic E-state index is -0.272. The van der Waals surface area contributed by atoms with Crippen molar-refractivity contribution < 1.29 is 14.3 Å². The van der Waals surface area contributed by atoms with Crippen molar-refractivity contribution in [3.63, 3.8) is 0 Å². The molecule has 1 aromatic carbocycles. The number of aromatic nitrogens is 1. The minimum Gasteiger partial charge on any atom is -0.466 e. The number of hydrogen-bond donors (Lipinski definition) is 3. The van der Waals surface area contributed by atoms with E-state index in [1.807, 2.05) is 6.07 Å². The van der Waals surface area contributed by atoms with E-state index in [9.17, 15) is 9.59 Å². The van der Waals surface area contributed by atoms with Gasteiger partial charge < -0.3 is 20.8 Å². The molecule has 1 unspecified atom stereocenters. The Labute approximate surface area is 163 Å². The van der Waals surface area contributed by atoms with Crippen LogP contribution in [0.4, 0.5) is 0 Å². The molecule has 6 nitrogen and oxygen atoms in total. The van der Waals surface area contributed by atoms with E-state index in [0.717, 1.165) is 10.9 Å². The van der Waals surface area contributed by atoms with Crippen LogP contribution in [0.2, 0.25) is 5.02 Å². The van der Waals surface area contributed by atoms with Crippen molar-refractivity contribution in [1.82, 2.24) is 10.3 Å². The van der Waals surface area contributed by atoms with Crippen molar-refractivity contribution in [2.24, 2.45) is 11.7 Å². The summed E-state index contributed by atoms with van der Waals surface area (Å²) in [6, 6.07) is 6.76. The highest BCUT2D eigenvalue weighted by atomic mass is 35.5. The normalized spacial score (nSPS) is 22.5. The zero-order chi connectivity index (χ0) is 18.0. The van der Waals surface area contributed by atoms with Crippen molar-refractivity contribution in [3.8, 4) is 0 Å². The first-order valence-electron chi connectivity index (χ1n) is 8.49. The van der Waals surface area contributed by atoms with Crippen molar-refractivity contribution in [2.75, 3.05) is 6.61 Å². The molecular weight excluding hydrogens is 377 g/mol. The Balaban J connectivity index is 0.00000243. The molecule has 2 aromatic rings. The fraction of sp³-hybridized carbons (Fsp3) is 0.444. The number of nitrogens with two attached hydrogens (primary N) is 1. The summed E-state index contributed by atoms with van der Waals surface area (Å²) >= 11 is 5.98. The number of nitrogens with one attached hydrogen (secondary N) is 2. The summed E-state index contributed by atoms with van der Waals surface area (Å²) < 4.78 is 5.06. The quantitative estimate of drug-likeness (QED) is 0.688. The van der Waals surface area contributed by atoms with E-state index < -0.39 is 0 Å². The van der Waals surface area contributed by atoms with Crippen LogP contribution in [-0.4, -0.2) is 35.6 Å². The first-order valence-corrected chi connectivity index (χ1v) is 8.87. The molecule has 0 radical (unpaired) electrons. The highest BCUT2D eigenvalue weighted by Crippen LogP contribution is 2.25. The van der Waals surface area contributed by atoms with E-state index in [0.29, 0.717) is 36.6 Å². The van der Waals surface area contributed by atoms with Gasteiger partial charge in [-0.3, -0.25) is 9.59 Å². The topological polar surface area (TPSA) is 97.2 Å². The second kappa shape index (κ2) is 8.75. The average molecular weight is 400 g/mol. The van der Waals surface area contributed by atoms with Gasteiger partial charge in [-0.15, -0.1) is 12.4 Å². The van der Waals surface area contributed by atoms with Gasteiger partial charge in [-0.25, -0.2) is 0 Å². The number of ether oxygens (including phenoxy) is 1. The maximum absolute atomic E-state index is 12.5. The maximum atomic E-state index is 12.5. The lowest BCUT2D eigenvalue weighted by atomic mass is 9.82.